The van der Waals surface area contributed by atoms with Gasteiger partial charge in [-0.3, -0.25) is 10.1 Å². The fourth-order valence-electron chi connectivity index (χ4n) is 1.54. The van der Waals surface area contributed by atoms with Crippen molar-refractivity contribution in [2.24, 2.45) is 0 Å². The molecule has 0 amide bonds. The fraction of sp³-hybridized carbons (Fsp3) is 0.500. The van der Waals surface area contributed by atoms with Crippen LogP contribution in [0.25, 0.3) is 0 Å². The van der Waals surface area contributed by atoms with Crippen molar-refractivity contribution < 1.29 is 9.66 Å². The van der Waals surface area contributed by atoms with Gasteiger partial charge in [0.05, 0.1) is 12.0 Å². The number of methoxy groups -OCH3 is 1. The maximum Gasteiger partial charge on any atom is 0.311 e. The molecule has 0 unspecified atom stereocenters. The molecule has 0 aliphatic carbocycles. The van der Waals surface area contributed by atoms with E-state index in [1.807, 2.05) is 11.8 Å². The molecule has 6 heteroatoms. The first-order valence-electron chi connectivity index (χ1n) is 5.74. The van der Waals surface area contributed by atoms with Crippen molar-refractivity contribution in [3.8, 4) is 5.75 Å². The van der Waals surface area contributed by atoms with Gasteiger partial charge in [-0.15, -0.1) is 0 Å². The number of unbranched alkanes of at least 4 members (excludes halogenated alkanes) is 1. The normalized spacial score (nSPS) is 10.1. The van der Waals surface area contributed by atoms with Crippen molar-refractivity contribution in [3.05, 3.63) is 28.3 Å². The first kappa shape index (κ1) is 14.6. The summed E-state index contributed by atoms with van der Waals surface area (Å²) in [7, 11) is 1.44. The first-order chi connectivity index (χ1) is 8.69. The molecule has 0 atom stereocenters. The second-order valence-corrected chi connectivity index (χ2v) is 4.76. The maximum atomic E-state index is 10.7. The molecule has 0 radical (unpaired) electrons. The Morgan fingerprint density at radius 3 is 2.83 bits per heavy atom. The Hall–Kier alpha value is -1.43. The third-order valence-electron chi connectivity index (χ3n) is 2.48. The number of nitrogens with zero attached hydrogens (tertiary/aromatic N) is 1. The number of nitro benzene ring substituents is 1. The van der Waals surface area contributed by atoms with Crippen LogP contribution in [0.15, 0.2) is 18.2 Å². The number of hydrogen-bond donors (Lipinski definition) is 1. The molecule has 0 aliphatic heterocycles. The second-order valence-electron chi connectivity index (χ2n) is 3.77. The zero-order valence-corrected chi connectivity index (χ0v) is 11.5. The number of rotatable bonds is 8. The van der Waals surface area contributed by atoms with Crippen molar-refractivity contribution in [1.82, 2.24) is 0 Å². The highest BCUT2D eigenvalue weighted by molar-refractivity contribution is 7.98. The molecule has 1 N–H and O–H groups in total. The van der Waals surface area contributed by atoms with Crippen molar-refractivity contribution >= 4 is 23.1 Å². The Bertz CT molecular complexity index is 399. The summed E-state index contributed by atoms with van der Waals surface area (Å²) in [5.74, 6) is 1.44. The van der Waals surface area contributed by atoms with Crippen LogP contribution in [0.3, 0.4) is 0 Å². The van der Waals surface area contributed by atoms with E-state index >= 15 is 0 Å². The van der Waals surface area contributed by atoms with E-state index in [1.54, 1.807) is 12.1 Å². The zero-order valence-electron chi connectivity index (χ0n) is 10.6. The quantitative estimate of drug-likeness (QED) is 0.446. The second kappa shape index (κ2) is 7.81. The minimum absolute atomic E-state index is 0.00886. The predicted molar refractivity (Wildman–Crippen MR) is 75.8 cm³/mol. The topological polar surface area (TPSA) is 64.4 Å². The van der Waals surface area contributed by atoms with Crippen LogP contribution in [0, 0.1) is 10.1 Å². The van der Waals surface area contributed by atoms with Gasteiger partial charge in [0.15, 0.2) is 5.75 Å². The summed E-state index contributed by atoms with van der Waals surface area (Å²) in [6, 6.07) is 4.82. The number of benzene rings is 1. The summed E-state index contributed by atoms with van der Waals surface area (Å²) in [6.45, 7) is 0.863. The van der Waals surface area contributed by atoms with Crippen molar-refractivity contribution in [2.75, 3.05) is 31.0 Å². The molecular formula is C12H18N2O3S. The van der Waals surface area contributed by atoms with E-state index in [-0.39, 0.29) is 11.4 Å². The number of nitro groups is 1. The Labute approximate surface area is 111 Å². The van der Waals surface area contributed by atoms with E-state index in [4.69, 9.17) is 4.74 Å². The summed E-state index contributed by atoms with van der Waals surface area (Å²) >= 11 is 1.84. The number of anilines is 1. The molecule has 0 aromatic heterocycles. The highest BCUT2D eigenvalue weighted by Gasteiger charge is 2.14. The molecule has 5 nitrogen and oxygen atoms in total. The summed E-state index contributed by atoms with van der Waals surface area (Å²) < 4.78 is 5.01. The average Bonchev–Trinajstić information content (AvgIpc) is 2.38. The lowest BCUT2D eigenvalue weighted by Gasteiger charge is -2.08. The highest BCUT2D eigenvalue weighted by Crippen LogP contribution is 2.29. The van der Waals surface area contributed by atoms with Gasteiger partial charge in [-0.25, -0.2) is 0 Å². The van der Waals surface area contributed by atoms with Crippen LogP contribution in [-0.4, -0.2) is 30.6 Å². The number of hydrogen-bond acceptors (Lipinski definition) is 5. The van der Waals surface area contributed by atoms with Gasteiger partial charge in [0, 0.05) is 24.4 Å². The summed E-state index contributed by atoms with van der Waals surface area (Å²) in [4.78, 5) is 10.3. The fourth-order valence-corrected chi connectivity index (χ4v) is 2.04. The first-order valence-corrected chi connectivity index (χ1v) is 7.13. The largest absolute Gasteiger partial charge is 0.490 e. The Morgan fingerprint density at radius 2 is 2.22 bits per heavy atom. The smallest absolute Gasteiger partial charge is 0.311 e. The van der Waals surface area contributed by atoms with Gasteiger partial charge in [-0.05, 0) is 30.9 Å². The maximum absolute atomic E-state index is 10.7. The van der Waals surface area contributed by atoms with E-state index in [9.17, 15) is 10.1 Å². The molecular weight excluding hydrogens is 252 g/mol. The van der Waals surface area contributed by atoms with Crippen LogP contribution in [0.5, 0.6) is 5.75 Å². The summed E-state index contributed by atoms with van der Waals surface area (Å²) in [6.07, 6.45) is 4.34. The van der Waals surface area contributed by atoms with Gasteiger partial charge in [-0.1, -0.05) is 0 Å². The van der Waals surface area contributed by atoms with Crippen LogP contribution < -0.4 is 10.1 Å². The lowest BCUT2D eigenvalue weighted by atomic mass is 10.2. The van der Waals surface area contributed by atoms with Crippen LogP contribution in [-0.2, 0) is 0 Å². The van der Waals surface area contributed by atoms with E-state index in [1.165, 1.54) is 13.2 Å². The van der Waals surface area contributed by atoms with Gasteiger partial charge in [0.1, 0.15) is 0 Å². The Kier molecular flexibility index (Phi) is 6.35. The molecule has 0 saturated heterocycles. The molecule has 1 aromatic rings. The molecule has 0 heterocycles. The van der Waals surface area contributed by atoms with Crippen LogP contribution >= 0.6 is 11.8 Å². The zero-order chi connectivity index (χ0) is 13.4. The summed E-state index contributed by atoms with van der Waals surface area (Å²) in [5, 5.41) is 14.0. The molecule has 0 spiro atoms. The minimum Gasteiger partial charge on any atom is -0.490 e. The Balaban J connectivity index is 2.54. The van der Waals surface area contributed by atoms with Crippen molar-refractivity contribution in [1.29, 1.82) is 0 Å². The monoisotopic (exact) mass is 270 g/mol. The van der Waals surface area contributed by atoms with E-state index in [2.05, 4.69) is 11.6 Å². The predicted octanol–water partition coefficient (Wildman–Crippen LogP) is 3.16. The van der Waals surface area contributed by atoms with E-state index in [0.29, 0.717) is 0 Å². The van der Waals surface area contributed by atoms with Gasteiger partial charge in [0.2, 0.25) is 0 Å². The summed E-state index contributed by atoms with van der Waals surface area (Å²) in [5.41, 5.74) is 0.840. The standard InChI is InChI=1S/C12H18N2O3S/c1-17-12-9-10(5-6-11(12)14(15)16)13-7-3-4-8-18-2/h5-6,9,13H,3-4,7-8H2,1-2H3. The molecule has 18 heavy (non-hydrogen) atoms. The number of nitrogens with one attached hydrogen (secondary N) is 1. The Morgan fingerprint density at radius 1 is 1.44 bits per heavy atom. The third kappa shape index (κ3) is 4.44. The molecule has 0 aliphatic rings. The lowest BCUT2D eigenvalue weighted by Crippen LogP contribution is -2.03. The third-order valence-corrected chi connectivity index (χ3v) is 3.18. The molecule has 0 bridgehead atoms. The number of thioether (sulfide) groups is 1. The van der Waals surface area contributed by atoms with Crippen LogP contribution in [0.2, 0.25) is 0 Å². The van der Waals surface area contributed by atoms with E-state index in [0.717, 1.165) is 30.8 Å². The van der Waals surface area contributed by atoms with Crippen molar-refractivity contribution in [3.63, 3.8) is 0 Å². The van der Waals surface area contributed by atoms with Gasteiger partial charge in [-0.2, -0.15) is 11.8 Å². The van der Waals surface area contributed by atoms with Crippen LogP contribution in [0.4, 0.5) is 11.4 Å². The highest BCUT2D eigenvalue weighted by atomic mass is 32.2. The molecule has 0 fully saturated rings. The van der Waals surface area contributed by atoms with Crippen molar-refractivity contribution in [2.45, 2.75) is 12.8 Å². The average molecular weight is 270 g/mol. The SMILES string of the molecule is COc1cc(NCCCCSC)ccc1[N+](=O)[O-]. The van der Waals surface area contributed by atoms with Gasteiger partial charge >= 0.3 is 5.69 Å². The minimum atomic E-state index is -0.443. The molecule has 0 saturated carbocycles. The van der Waals surface area contributed by atoms with Gasteiger partial charge in [0.25, 0.3) is 0 Å². The molecule has 1 rings (SSSR count). The molecule has 100 valence electrons. The lowest BCUT2D eigenvalue weighted by molar-refractivity contribution is -0.385. The molecule has 1 aromatic carbocycles. The van der Waals surface area contributed by atoms with Crippen LogP contribution in [0.1, 0.15) is 12.8 Å². The number of ether oxygens (including phenoxy) is 1. The van der Waals surface area contributed by atoms with Gasteiger partial charge < -0.3 is 10.1 Å². The van der Waals surface area contributed by atoms with E-state index < -0.39 is 4.92 Å².